The Morgan fingerprint density at radius 2 is 1.54 bits per heavy atom. The predicted molar refractivity (Wildman–Crippen MR) is 109 cm³/mol. The summed E-state index contributed by atoms with van der Waals surface area (Å²) in [6.45, 7) is 1.64. The lowest BCUT2D eigenvalue weighted by Crippen LogP contribution is -2.31. The standard InChI is InChI=1S/C23H23NO.ClH/c1-3-7-18(8-4-1)15-23-22-12-11-21(16-20(22)13-14-24-23)25-17-19-9-5-2-6-10-19;/h1-12,16,23-24H,13-15,17H2;1H. The van der Waals surface area contributed by atoms with Crippen molar-refractivity contribution in [1.82, 2.24) is 5.32 Å². The van der Waals surface area contributed by atoms with E-state index in [1.54, 1.807) is 0 Å². The quantitative estimate of drug-likeness (QED) is 0.677. The summed E-state index contributed by atoms with van der Waals surface area (Å²) in [7, 11) is 0. The molecule has 1 aliphatic rings. The van der Waals surface area contributed by atoms with Crippen LogP contribution in [0.4, 0.5) is 0 Å². The summed E-state index contributed by atoms with van der Waals surface area (Å²) in [6.07, 6.45) is 2.08. The predicted octanol–water partition coefficient (Wildman–Crippen LogP) is 5.12. The molecule has 0 saturated heterocycles. The van der Waals surface area contributed by atoms with Crippen LogP contribution in [-0.4, -0.2) is 6.54 Å². The van der Waals surface area contributed by atoms with Crippen molar-refractivity contribution in [2.45, 2.75) is 25.5 Å². The zero-order valence-corrected chi connectivity index (χ0v) is 15.5. The topological polar surface area (TPSA) is 21.3 Å². The molecule has 0 amide bonds. The molecule has 1 unspecified atom stereocenters. The number of hydrogen-bond donors (Lipinski definition) is 1. The molecule has 3 heteroatoms. The molecular formula is C23H24ClNO. The summed E-state index contributed by atoms with van der Waals surface area (Å²) in [5, 5.41) is 3.66. The van der Waals surface area contributed by atoms with Crippen molar-refractivity contribution in [2.75, 3.05) is 6.54 Å². The van der Waals surface area contributed by atoms with Gasteiger partial charge in [-0.3, -0.25) is 0 Å². The van der Waals surface area contributed by atoms with E-state index in [1.165, 1.54) is 22.3 Å². The van der Waals surface area contributed by atoms with Crippen molar-refractivity contribution >= 4 is 12.4 Å². The monoisotopic (exact) mass is 365 g/mol. The second kappa shape index (κ2) is 8.88. The Kier molecular flexibility index (Phi) is 6.32. The highest BCUT2D eigenvalue weighted by molar-refractivity contribution is 5.85. The van der Waals surface area contributed by atoms with E-state index in [1.807, 2.05) is 18.2 Å². The van der Waals surface area contributed by atoms with E-state index in [0.717, 1.165) is 25.1 Å². The molecule has 0 bridgehead atoms. The fraction of sp³-hybridized carbons (Fsp3) is 0.217. The first-order chi connectivity index (χ1) is 12.4. The summed E-state index contributed by atoms with van der Waals surface area (Å²) in [5.74, 6) is 0.961. The van der Waals surface area contributed by atoms with Gasteiger partial charge < -0.3 is 10.1 Å². The van der Waals surface area contributed by atoms with Crippen molar-refractivity contribution in [3.8, 4) is 5.75 Å². The molecule has 1 heterocycles. The molecule has 0 spiro atoms. The lowest BCUT2D eigenvalue weighted by atomic mass is 9.90. The first-order valence-corrected chi connectivity index (χ1v) is 8.95. The van der Waals surface area contributed by atoms with E-state index in [-0.39, 0.29) is 12.4 Å². The fourth-order valence-electron chi connectivity index (χ4n) is 3.49. The minimum atomic E-state index is 0. The molecule has 0 aromatic heterocycles. The molecule has 0 fully saturated rings. The van der Waals surface area contributed by atoms with Gasteiger partial charge in [-0.25, -0.2) is 0 Å². The molecule has 1 aliphatic heterocycles. The van der Waals surface area contributed by atoms with Gasteiger partial charge in [-0.1, -0.05) is 66.7 Å². The molecule has 134 valence electrons. The third-order valence-electron chi connectivity index (χ3n) is 4.81. The highest BCUT2D eigenvalue weighted by Crippen LogP contribution is 2.29. The van der Waals surface area contributed by atoms with Crippen LogP contribution in [0.5, 0.6) is 5.75 Å². The molecule has 4 rings (SSSR count). The maximum atomic E-state index is 5.99. The average Bonchev–Trinajstić information content (AvgIpc) is 2.68. The minimum Gasteiger partial charge on any atom is -0.489 e. The zero-order chi connectivity index (χ0) is 16.9. The van der Waals surface area contributed by atoms with E-state index < -0.39 is 0 Å². The van der Waals surface area contributed by atoms with Crippen molar-refractivity contribution < 1.29 is 4.74 Å². The maximum absolute atomic E-state index is 5.99. The van der Waals surface area contributed by atoms with Crippen LogP contribution < -0.4 is 10.1 Å². The van der Waals surface area contributed by atoms with Crippen LogP contribution in [0.15, 0.2) is 78.9 Å². The van der Waals surface area contributed by atoms with Gasteiger partial charge in [0.1, 0.15) is 12.4 Å². The van der Waals surface area contributed by atoms with E-state index >= 15 is 0 Å². The summed E-state index contributed by atoms with van der Waals surface area (Å²) < 4.78 is 5.99. The molecule has 3 aromatic carbocycles. The van der Waals surface area contributed by atoms with Gasteiger partial charge in [0, 0.05) is 6.04 Å². The number of fused-ring (bicyclic) bond motifs is 1. The smallest absolute Gasteiger partial charge is 0.120 e. The Bertz CT molecular complexity index is 820. The first kappa shape index (κ1) is 18.5. The Morgan fingerprint density at radius 1 is 0.846 bits per heavy atom. The number of hydrogen-bond acceptors (Lipinski definition) is 2. The molecule has 1 atom stereocenters. The fourth-order valence-corrected chi connectivity index (χ4v) is 3.49. The normalized spacial score (nSPS) is 15.6. The van der Waals surface area contributed by atoms with Crippen LogP contribution in [-0.2, 0) is 19.4 Å². The Hall–Kier alpha value is -2.29. The molecule has 1 N–H and O–H groups in total. The SMILES string of the molecule is Cl.c1ccc(COc2ccc3c(c2)CCNC3Cc2ccccc2)cc1. The van der Waals surface area contributed by atoms with Crippen LogP contribution in [0.1, 0.15) is 28.3 Å². The number of nitrogens with one attached hydrogen (secondary N) is 1. The lowest BCUT2D eigenvalue weighted by Gasteiger charge is -2.27. The molecule has 3 aromatic rings. The average molecular weight is 366 g/mol. The third-order valence-corrected chi connectivity index (χ3v) is 4.81. The van der Waals surface area contributed by atoms with Crippen LogP contribution in [0.2, 0.25) is 0 Å². The molecular weight excluding hydrogens is 342 g/mol. The first-order valence-electron chi connectivity index (χ1n) is 8.95. The third kappa shape index (κ3) is 4.46. The summed E-state index contributed by atoms with van der Waals surface area (Å²) in [4.78, 5) is 0. The Balaban J connectivity index is 0.00000196. The van der Waals surface area contributed by atoms with E-state index in [9.17, 15) is 0 Å². The number of halogens is 1. The second-order valence-electron chi connectivity index (χ2n) is 6.58. The molecule has 0 saturated carbocycles. The number of benzene rings is 3. The van der Waals surface area contributed by atoms with Crippen LogP contribution in [0.3, 0.4) is 0 Å². The second-order valence-corrected chi connectivity index (χ2v) is 6.58. The van der Waals surface area contributed by atoms with Gasteiger partial charge in [0.2, 0.25) is 0 Å². The van der Waals surface area contributed by atoms with Gasteiger partial charge in [0.15, 0.2) is 0 Å². The number of rotatable bonds is 5. The highest BCUT2D eigenvalue weighted by atomic mass is 35.5. The molecule has 0 radical (unpaired) electrons. The summed E-state index contributed by atoms with van der Waals surface area (Å²) in [6, 6.07) is 27.9. The van der Waals surface area contributed by atoms with Gasteiger partial charge in [0.25, 0.3) is 0 Å². The van der Waals surface area contributed by atoms with E-state index in [2.05, 4.69) is 66.0 Å². The number of ether oxygens (including phenoxy) is 1. The van der Waals surface area contributed by atoms with Gasteiger partial charge in [-0.15, -0.1) is 12.4 Å². The summed E-state index contributed by atoms with van der Waals surface area (Å²) >= 11 is 0. The minimum absolute atomic E-state index is 0. The van der Waals surface area contributed by atoms with Crippen LogP contribution in [0, 0.1) is 0 Å². The van der Waals surface area contributed by atoms with Crippen molar-refractivity contribution in [3.63, 3.8) is 0 Å². The van der Waals surface area contributed by atoms with Crippen molar-refractivity contribution in [2.24, 2.45) is 0 Å². The van der Waals surface area contributed by atoms with Gasteiger partial charge in [0.05, 0.1) is 0 Å². The van der Waals surface area contributed by atoms with Gasteiger partial charge in [-0.05, 0) is 53.8 Å². The largest absolute Gasteiger partial charge is 0.489 e. The van der Waals surface area contributed by atoms with Crippen molar-refractivity contribution in [1.29, 1.82) is 0 Å². The lowest BCUT2D eigenvalue weighted by molar-refractivity contribution is 0.305. The van der Waals surface area contributed by atoms with Gasteiger partial charge in [-0.2, -0.15) is 0 Å². The van der Waals surface area contributed by atoms with Crippen LogP contribution >= 0.6 is 12.4 Å². The Labute approximate surface area is 161 Å². The maximum Gasteiger partial charge on any atom is 0.120 e. The zero-order valence-electron chi connectivity index (χ0n) is 14.7. The molecule has 2 nitrogen and oxygen atoms in total. The molecule has 0 aliphatic carbocycles. The summed E-state index contributed by atoms with van der Waals surface area (Å²) in [5.41, 5.74) is 5.38. The highest BCUT2D eigenvalue weighted by Gasteiger charge is 2.20. The molecule has 26 heavy (non-hydrogen) atoms. The van der Waals surface area contributed by atoms with Crippen molar-refractivity contribution in [3.05, 3.63) is 101 Å². The van der Waals surface area contributed by atoms with Crippen LogP contribution in [0.25, 0.3) is 0 Å². The van der Waals surface area contributed by atoms with Gasteiger partial charge >= 0.3 is 0 Å². The van der Waals surface area contributed by atoms with E-state index in [4.69, 9.17) is 4.74 Å². The van der Waals surface area contributed by atoms with E-state index in [0.29, 0.717) is 12.6 Å². The Morgan fingerprint density at radius 3 is 2.27 bits per heavy atom.